The highest BCUT2D eigenvalue weighted by Gasteiger charge is 2.22. The summed E-state index contributed by atoms with van der Waals surface area (Å²) in [5.41, 5.74) is 0.155. The Morgan fingerprint density at radius 2 is 1.90 bits per heavy atom. The van der Waals surface area contributed by atoms with Crippen molar-refractivity contribution in [1.82, 2.24) is 9.80 Å². The van der Waals surface area contributed by atoms with Crippen molar-refractivity contribution in [1.29, 1.82) is 0 Å². The second-order valence-electron chi connectivity index (χ2n) is 4.77. The van der Waals surface area contributed by atoms with E-state index >= 15 is 0 Å². The summed E-state index contributed by atoms with van der Waals surface area (Å²) in [5, 5.41) is 10.9. The zero-order valence-electron chi connectivity index (χ0n) is 11.5. The van der Waals surface area contributed by atoms with Crippen LogP contribution >= 0.6 is 0 Å². The molecule has 1 aromatic rings. The van der Waals surface area contributed by atoms with E-state index in [0.717, 1.165) is 13.1 Å². The van der Waals surface area contributed by atoms with E-state index in [0.29, 0.717) is 24.4 Å². The molecular formula is C13H17N3O4. The molecule has 0 radical (unpaired) electrons. The quantitative estimate of drug-likeness (QED) is 0.609. The first-order valence-corrected chi connectivity index (χ1v) is 6.32. The SMILES string of the molecule is COc1cc(C(=O)N2CCN(C)CC2)cc([N+](=O)[O-])c1. The Morgan fingerprint density at radius 1 is 1.25 bits per heavy atom. The zero-order chi connectivity index (χ0) is 14.7. The van der Waals surface area contributed by atoms with Gasteiger partial charge in [-0.05, 0) is 13.1 Å². The Labute approximate surface area is 116 Å². The number of nitrogens with zero attached hydrogens (tertiary/aromatic N) is 3. The van der Waals surface area contributed by atoms with Gasteiger partial charge in [0.25, 0.3) is 11.6 Å². The van der Waals surface area contributed by atoms with Crippen LogP contribution in [0.2, 0.25) is 0 Å². The molecule has 0 atom stereocenters. The minimum atomic E-state index is -0.525. The van der Waals surface area contributed by atoms with Crippen molar-refractivity contribution < 1.29 is 14.5 Å². The molecule has 108 valence electrons. The summed E-state index contributed by atoms with van der Waals surface area (Å²) in [6.45, 7) is 2.86. The summed E-state index contributed by atoms with van der Waals surface area (Å²) in [5.74, 6) is 0.122. The minimum Gasteiger partial charge on any atom is -0.496 e. The molecule has 0 bridgehead atoms. The van der Waals surface area contributed by atoms with E-state index in [1.165, 1.54) is 25.3 Å². The Morgan fingerprint density at radius 3 is 2.45 bits per heavy atom. The number of non-ortho nitro benzene ring substituents is 1. The van der Waals surface area contributed by atoms with Crippen LogP contribution in [0.1, 0.15) is 10.4 Å². The second kappa shape index (κ2) is 5.87. The standard InChI is InChI=1S/C13H17N3O4/c1-14-3-5-15(6-4-14)13(17)10-7-11(16(18)19)9-12(8-10)20-2/h7-9H,3-6H2,1-2H3. The van der Waals surface area contributed by atoms with Gasteiger partial charge in [-0.1, -0.05) is 0 Å². The first-order valence-electron chi connectivity index (χ1n) is 6.32. The molecule has 1 aliphatic rings. The van der Waals surface area contributed by atoms with Crippen molar-refractivity contribution in [3.8, 4) is 5.75 Å². The molecule has 1 heterocycles. The maximum absolute atomic E-state index is 12.4. The Balaban J connectivity index is 2.24. The van der Waals surface area contributed by atoms with Gasteiger partial charge < -0.3 is 14.5 Å². The van der Waals surface area contributed by atoms with Crippen LogP contribution in [0.25, 0.3) is 0 Å². The number of carbonyl (C=O) groups is 1. The highest BCUT2D eigenvalue weighted by atomic mass is 16.6. The monoisotopic (exact) mass is 279 g/mol. The fourth-order valence-corrected chi connectivity index (χ4v) is 2.12. The number of nitro benzene ring substituents is 1. The van der Waals surface area contributed by atoms with Crippen LogP contribution in [0.4, 0.5) is 5.69 Å². The molecule has 1 aliphatic heterocycles. The number of amides is 1. The summed E-state index contributed by atoms with van der Waals surface area (Å²) in [6, 6.07) is 4.14. The number of benzene rings is 1. The fraction of sp³-hybridized carbons (Fsp3) is 0.462. The number of nitro groups is 1. The lowest BCUT2D eigenvalue weighted by atomic mass is 10.1. The van der Waals surface area contributed by atoms with E-state index in [9.17, 15) is 14.9 Å². The molecule has 1 amide bonds. The summed E-state index contributed by atoms with van der Waals surface area (Å²) in [6.07, 6.45) is 0. The van der Waals surface area contributed by atoms with Gasteiger partial charge in [0.2, 0.25) is 0 Å². The number of hydrogen-bond donors (Lipinski definition) is 0. The summed E-state index contributed by atoms with van der Waals surface area (Å²) in [4.78, 5) is 26.6. The van der Waals surface area contributed by atoms with E-state index in [-0.39, 0.29) is 11.6 Å². The number of likely N-dealkylation sites (N-methyl/N-ethyl adjacent to an activating group) is 1. The van der Waals surface area contributed by atoms with Crippen molar-refractivity contribution in [2.45, 2.75) is 0 Å². The number of rotatable bonds is 3. The molecule has 0 N–H and O–H groups in total. The topological polar surface area (TPSA) is 75.9 Å². The van der Waals surface area contributed by atoms with E-state index in [4.69, 9.17) is 4.74 Å². The van der Waals surface area contributed by atoms with Gasteiger partial charge in [0, 0.05) is 32.2 Å². The fourth-order valence-electron chi connectivity index (χ4n) is 2.12. The molecule has 0 aromatic heterocycles. The number of hydrogen-bond acceptors (Lipinski definition) is 5. The van der Waals surface area contributed by atoms with Crippen LogP contribution in [0.15, 0.2) is 18.2 Å². The molecule has 20 heavy (non-hydrogen) atoms. The van der Waals surface area contributed by atoms with Crippen LogP contribution in [0, 0.1) is 10.1 Å². The maximum Gasteiger partial charge on any atom is 0.273 e. The molecule has 7 heteroatoms. The second-order valence-corrected chi connectivity index (χ2v) is 4.77. The number of ether oxygens (including phenoxy) is 1. The third-order valence-corrected chi connectivity index (χ3v) is 3.38. The van der Waals surface area contributed by atoms with Crippen molar-refractivity contribution in [2.75, 3.05) is 40.3 Å². The normalized spacial score (nSPS) is 16.0. The van der Waals surface area contributed by atoms with Crippen LogP contribution in [0.5, 0.6) is 5.75 Å². The summed E-state index contributed by atoms with van der Waals surface area (Å²) >= 11 is 0. The van der Waals surface area contributed by atoms with Crippen molar-refractivity contribution in [3.05, 3.63) is 33.9 Å². The van der Waals surface area contributed by atoms with E-state index in [1.54, 1.807) is 4.90 Å². The molecule has 1 aromatic carbocycles. The smallest absolute Gasteiger partial charge is 0.273 e. The molecule has 0 spiro atoms. The Hall–Kier alpha value is -2.15. The van der Waals surface area contributed by atoms with Gasteiger partial charge in [0.05, 0.1) is 23.7 Å². The Bertz CT molecular complexity index is 524. The van der Waals surface area contributed by atoms with E-state index < -0.39 is 4.92 Å². The van der Waals surface area contributed by atoms with Gasteiger partial charge in [-0.2, -0.15) is 0 Å². The Kier molecular flexibility index (Phi) is 4.19. The molecule has 1 saturated heterocycles. The third kappa shape index (κ3) is 3.05. The van der Waals surface area contributed by atoms with Gasteiger partial charge in [0.15, 0.2) is 0 Å². The molecule has 7 nitrogen and oxygen atoms in total. The largest absolute Gasteiger partial charge is 0.496 e. The molecule has 0 saturated carbocycles. The number of carbonyl (C=O) groups excluding carboxylic acids is 1. The van der Waals surface area contributed by atoms with Crippen molar-refractivity contribution >= 4 is 11.6 Å². The maximum atomic E-state index is 12.4. The van der Waals surface area contributed by atoms with Crippen LogP contribution in [-0.2, 0) is 0 Å². The predicted molar refractivity (Wildman–Crippen MR) is 73.0 cm³/mol. The first kappa shape index (κ1) is 14.3. The third-order valence-electron chi connectivity index (χ3n) is 3.38. The molecule has 0 unspecified atom stereocenters. The number of piperazine rings is 1. The first-order chi connectivity index (χ1) is 9.51. The van der Waals surface area contributed by atoms with Crippen molar-refractivity contribution in [3.63, 3.8) is 0 Å². The lowest BCUT2D eigenvalue weighted by molar-refractivity contribution is -0.385. The van der Waals surface area contributed by atoms with Gasteiger partial charge in [-0.15, -0.1) is 0 Å². The lowest BCUT2D eigenvalue weighted by Gasteiger charge is -2.32. The van der Waals surface area contributed by atoms with Crippen LogP contribution < -0.4 is 4.74 Å². The highest BCUT2D eigenvalue weighted by molar-refractivity contribution is 5.95. The van der Waals surface area contributed by atoms with Crippen molar-refractivity contribution in [2.24, 2.45) is 0 Å². The van der Waals surface area contributed by atoms with Gasteiger partial charge in [-0.3, -0.25) is 14.9 Å². The summed E-state index contributed by atoms with van der Waals surface area (Å²) in [7, 11) is 3.42. The van der Waals surface area contributed by atoms with Gasteiger partial charge in [-0.25, -0.2) is 0 Å². The predicted octanol–water partition coefficient (Wildman–Crippen LogP) is 0.991. The van der Waals surface area contributed by atoms with E-state index in [2.05, 4.69) is 4.90 Å². The van der Waals surface area contributed by atoms with E-state index in [1.807, 2.05) is 7.05 Å². The zero-order valence-corrected chi connectivity index (χ0v) is 11.5. The molecule has 2 rings (SSSR count). The number of methoxy groups -OCH3 is 1. The van der Waals surface area contributed by atoms with Gasteiger partial charge in [0.1, 0.15) is 5.75 Å². The van der Waals surface area contributed by atoms with Crippen LogP contribution in [-0.4, -0.2) is 61.0 Å². The molecule has 0 aliphatic carbocycles. The average Bonchev–Trinajstić information content (AvgIpc) is 2.46. The summed E-state index contributed by atoms with van der Waals surface area (Å²) < 4.78 is 5.02. The lowest BCUT2D eigenvalue weighted by Crippen LogP contribution is -2.47. The molecular weight excluding hydrogens is 262 g/mol. The highest BCUT2D eigenvalue weighted by Crippen LogP contribution is 2.23. The van der Waals surface area contributed by atoms with Gasteiger partial charge >= 0.3 is 0 Å². The minimum absolute atomic E-state index is 0.137. The van der Waals surface area contributed by atoms with Crippen LogP contribution in [0.3, 0.4) is 0 Å². The molecule has 1 fully saturated rings. The average molecular weight is 279 g/mol.